The number of esters is 1. The lowest BCUT2D eigenvalue weighted by molar-refractivity contribution is -0.137. The van der Waals surface area contributed by atoms with Gasteiger partial charge in [-0.1, -0.05) is 30.3 Å². The first-order valence-electron chi connectivity index (χ1n) is 6.98. The van der Waals surface area contributed by atoms with Crippen LogP contribution in [-0.2, 0) is 15.7 Å². The summed E-state index contributed by atoms with van der Waals surface area (Å²) in [6.07, 6.45) is -4.60. The van der Waals surface area contributed by atoms with Crippen LogP contribution in [0, 0.1) is 6.92 Å². The summed E-state index contributed by atoms with van der Waals surface area (Å²) in [6.45, 7) is 1.02. The Bertz CT molecular complexity index is 757. The van der Waals surface area contributed by atoms with E-state index in [-0.39, 0.29) is 5.69 Å². The zero-order valence-electron chi connectivity index (χ0n) is 12.7. The molecule has 0 atom stereocenters. The van der Waals surface area contributed by atoms with E-state index in [0.29, 0.717) is 11.1 Å². The van der Waals surface area contributed by atoms with Crippen molar-refractivity contribution in [3.8, 4) is 0 Å². The van der Waals surface area contributed by atoms with Crippen molar-refractivity contribution >= 4 is 17.6 Å². The number of nitrogens with one attached hydrogen (secondary N) is 1. The molecule has 0 bridgehead atoms. The van der Waals surface area contributed by atoms with Gasteiger partial charge in [0.05, 0.1) is 16.8 Å². The van der Waals surface area contributed by atoms with Crippen LogP contribution in [0.3, 0.4) is 0 Å². The van der Waals surface area contributed by atoms with Gasteiger partial charge < -0.3 is 10.1 Å². The molecule has 0 saturated carbocycles. The van der Waals surface area contributed by atoms with Crippen LogP contribution in [0.25, 0.3) is 0 Å². The molecule has 7 heteroatoms. The molecule has 0 heterocycles. The zero-order chi connectivity index (χ0) is 17.7. The van der Waals surface area contributed by atoms with Crippen molar-refractivity contribution in [1.29, 1.82) is 0 Å². The Labute approximate surface area is 136 Å². The molecule has 1 amide bonds. The van der Waals surface area contributed by atoms with E-state index in [1.54, 1.807) is 25.1 Å². The molecule has 2 rings (SSSR count). The molecule has 0 aliphatic heterocycles. The van der Waals surface area contributed by atoms with Crippen LogP contribution in [0.15, 0.2) is 48.5 Å². The molecule has 2 aromatic carbocycles. The van der Waals surface area contributed by atoms with Gasteiger partial charge in [-0.05, 0) is 30.7 Å². The fourth-order valence-electron chi connectivity index (χ4n) is 2.04. The predicted molar refractivity (Wildman–Crippen MR) is 81.5 cm³/mol. The predicted octanol–water partition coefficient (Wildman–Crippen LogP) is 3.81. The summed E-state index contributed by atoms with van der Waals surface area (Å²) in [5, 5.41) is 2.10. The highest BCUT2D eigenvalue weighted by Crippen LogP contribution is 2.34. The number of ether oxygens (including phenoxy) is 1. The third-order valence-electron chi connectivity index (χ3n) is 3.21. The first kappa shape index (κ1) is 17.5. The molecule has 2 aromatic rings. The maximum atomic E-state index is 12.8. The highest BCUT2D eigenvalue weighted by Gasteiger charge is 2.33. The van der Waals surface area contributed by atoms with Gasteiger partial charge in [-0.3, -0.25) is 4.79 Å². The van der Waals surface area contributed by atoms with Crippen LogP contribution in [0.1, 0.15) is 21.5 Å². The van der Waals surface area contributed by atoms with Crippen LogP contribution in [0.2, 0.25) is 0 Å². The van der Waals surface area contributed by atoms with Crippen molar-refractivity contribution in [2.75, 3.05) is 11.9 Å². The third-order valence-corrected chi connectivity index (χ3v) is 3.21. The molecular formula is C17H14F3NO3. The number of aryl methyl sites for hydroxylation is 1. The monoisotopic (exact) mass is 337 g/mol. The lowest BCUT2D eigenvalue weighted by atomic mass is 10.1. The number of carbonyl (C=O) groups is 2. The number of hydrogen-bond donors (Lipinski definition) is 1. The van der Waals surface area contributed by atoms with Gasteiger partial charge in [0.25, 0.3) is 5.91 Å². The van der Waals surface area contributed by atoms with Crippen molar-refractivity contribution < 1.29 is 27.5 Å². The Hall–Kier alpha value is -2.83. The van der Waals surface area contributed by atoms with Crippen LogP contribution < -0.4 is 5.32 Å². The summed E-state index contributed by atoms with van der Waals surface area (Å²) in [6, 6.07) is 11.2. The average molecular weight is 337 g/mol. The van der Waals surface area contributed by atoms with Gasteiger partial charge in [0.2, 0.25) is 0 Å². The van der Waals surface area contributed by atoms with Gasteiger partial charge in [0.1, 0.15) is 0 Å². The van der Waals surface area contributed by atoms with Crippen molar-refractivity contribution in [2.45, 2.75) is 13.1 Å². The highest BCUT2D eigenvalue weighted by atomic mass is 19.4. The fraction of sp³-hybridized carbons (Fsp3) is 0.176. The third kappa shape index (κ3) is 4.34. The molecule has 126 valence electrons. The Morgan fingerprint density at radius 2 is 1.67 bits per heavy atom. The van der Waals surface area contributed by atoms with Crippen molar-refractivity contribution in [1.82, 2.24) is 0 Å². The maximum absolute atomic E-state index is 12.8. The number of carbonyl (C=O) groups excluding carboxylic acids is 2. The van der Waals surface area contributed by atoms with E-state index in [4.69, 9.17) is 4.74 Å². The molecule has 0 aliphatic rings. The zero-order valence-corrected chi connectivity index (χ0v) is 12.7. The van der Waals surface area contributed by atoms with Crippen molar-refractivity contribution in [3.05, 3.63) is 65.2 Å². The van der Waals surface area contributed by atoms with Gasteiger partial charge in [-0.2, -0.15) is 13.2 Å². The van der Waals surface area contributed by atoms with Crippen LogP contribution in [-0.4, -0.2) is 18.5 Å². The second kappa shape index (κ2) is 7.16. The first-order chi connectivity index (χ1) is 11.3. The number of para-hydroxylation sites is 1. The summed E-state index contributed by atoms with van der Waals surface area (Å²) >= 11 is 0. The molecule has 24 heavy (non-hydrogen) atoms. The Morgan fingerprint density at radius 1 is 1.04 bits per heavy atom. The fourth-order valence-corrected chi connectivity index (χ4v) is 2.04. The van der Waals surface area contributed by atoms with Gasteiger partial charge in [0, 0.05) is 0 Å². The van der Waals surface area contributed by atoms with E-state index in [2.05, 4.69) is 5.32 Å². The number of hydrogen-bond acceptors (Lipinski definition) is 3. The van der Waals surface area contributed by atoms with Gasteiger partial charge in [-0.15, -0.1) is 0 Å². The molecule has 0 radical (unpaired) electrons. The molecule has 0 saturated heterocycles. The van der Waals surface area contributed by atoms with Gasteiger partial charge in [0.15, 0.2) is 6.61 Å². The molecule has 0 spiro atoms. The second-order valence-corrected chi connectivity index (χ2v) is 4.98. The highest BCUT2D eigenvalue weighted by molar-refractivity contribution is 5.96. The lowest BCUT2D eigenvalue weighted by Crippen LogP contribution is -2.23. The quantitative estimate of drug-likeness (QED) is 0.863. The van der Waals surface area contributed by atoms with E-state index in [1.165, 1.54) is 18.2 Å². The summed E-state index contributed by atoms with van der Waals surface area (Å²) < 4.78 is 43.4. The van der Waals surface area contributed by atoms with Crippen molar-refractivity contribution in [2.24, 2.45) is 0 Å². The lowest BCUT2D eigenvalue weighted by Gasteiger charge is -2.13. The Kier molecular flexibility index (Phi) is 5.23. The number of alkyl halides is 3. The number of rotatable bonds is 4. The van der Waals surface area contributed by atoms with E-state index >= 15 is 0 Å². The SMILES string of the molecule is Cc1ccccc1C(=O)OCC(=O)Nc1ccccc1C(F)(F)F. The van der Waals surface area contributed by atoms with Gasteiger partial charge >= 0.3 is 12.1 Å². The molecule has 4 nitrogen and oxygen atoms in total. The first-order valence-corrected chi connectivity index (χ1v) is 6.98. The number of amides is 1. The minimum atomic E-state index is -4.60. The molecule has 1 N–H and O–H groups in total. The number of halogens is 3. The molecule has 0 aromatic heterocycles. The van der Waals surface area contributed by atoms with Gasteiger partial charge in [-0.25, -0.2) is 4.79 Å². The standard InChI is InChI=1S/C17H14F3NO3/c1-11-6-2-3-7-12(11)16(23)24-10-15(22)21-14-9-5-4-8-13(14)17(18,19)20/h2-9H,10H2,1H3,(H,21,22). The average Bonchev–Trinajstić information content (AvgIpc) is 2.52. The molecular weight excluding hydrogens is 323 g/mol. The molecule has 0 fully saturated rings. The van der Waals surface area contributed by atoms with Crippen LogP contribution >= 0.6 is 0 Å². The smallest absolute Gasteiger partial charge is 0.418 e. The second-order valence-electron chi connectivity index (χ2n) is 4.98. The van der Waals surface area contributed by atoms with E-state index in [1.807, 2.05) is 0 Å². The minimum absolute atomic E-state index is 0.293. The van der Waals surface area contributed by atoms with Crippen LogP contribution in [0.5, 0.6) is 0 Å². The molecule has 0 unspecified atom stereocenters. The maximum Gasteiger partial charge on any atom is 0.418 e. The summed E-state index contributed by atoms with van der Waals surface area (Å²) in [7, 11) is 0. The van der Waals surface area contributed by atoms with Crippen molar-refractivity contribution in [3.63, 3.8) is 0 Å². The Morgan fingerprint density at radius 3 is 2.33 bits per heavy atom. The molecule has 0 aliphatic carbocycles. The van der Waals surface area contributed by atoms with Crippen LogP contribution in [0.4, 0.5) is 18.9 Å². The minimum Gasteiger partial charge on any atom is -0.452 e. The topological polar surface area (TPSA) is 55.4 Å². The summed E-state index contributed by atoms with van der Waals surface area (Å²) in [5.41, 5.74) is -0.392. The Balaban J connectivity index is 2.00. The number of benzene rings is 2. The number of anilines is 1. The van der Waals surface area contributed by atoms with E-state index < -0.39 is 30.2 Å². The summed E-state index contributed by atoms with van der Waals surface area (Å²) in [4.78, 5) is 23.6. The normalized spacial score (nSPS) is 11.0. The van der Waals surface area contributed by atoms with E-state index in [0.717, 1.165) is 12.1 Å². The largest absolute Gasteiger partial charge is 0.452 e. The summed E-state index contributed by atoms with van der Waals surface area (Å²) in [5.74, 6) is -1.57. The van der Waals surface area contributed by atoms with E-state index in [9.17, 15) is 22.8 Å².